The van der Waals surface area contributed by atoms with E-state index in [1.165, 1.54) is 0 Å². The lowest BCUT2D eigenvalue weighted by Crippen LogP contribution is -2.48. The summed E-state index contributed by atoms with van der Waals surface area (Å²) in [5, 5.41) is 15.4. The number of aromatic nitrogens is 2. The van der Waals surface area contributed by atoms with Crippen molar-refractivity contribution in [3.05, 3.63) is 102 Å². The molecule has 45 heavy (non-hydrogen) atoms. The van der Waals surface area contributed by atoms with Crippen LogP contribution in [0.4, 0.5) is 10.5 Å². The van der Waals surface area contributed by atoms with Crippen LogP contribution >= 0.6 is 0 Å². The van der Waals surface area contributed by atoms with Crippen LogP contribution in [0.2, 0.25) is 0 Å². The molecule has 1 aromatic heterocycles. The number of amides is 2. The van der Waals surface area contributed by atoms with Crippen molar-refractivity contribution in [1.82, 2.24) is 19.8 Å². The van der Waals surface area contributed by atoms with Gasteiger partial charge in [0.05, 0.1) is 18.6 Å². The molecule has 1 aliphatic heterocycles. The topological polar surface area (TPSA) is 118 Å². The van der Waals surface area contributed by atoms with Gasteiger partial charge in [-0.2, -0.15) is 0 Å². The molecule has 0 bridgehead atoms. The Kier molecular flexibility index (Phi) is 9.85. The van der Waals surface area contributed by atoms with Crippen molar-refractivity contribution < 1.29 is 24.2 Å². The van der Waals surface area contributed by atoms with Crippen molar-refractivity contribution in [3.63, 3.8) is 0 Å². The second-order valence-corrected chi connectivity index (χ2v) is 12.4. The zero-order valence-corrected chi connectivity index (χ0v) is 26.2. The van der Waals surface area contributed by atoms with Gasteiger partial charge in [0.25, 0.3) is 5.91 Å². The van der Waals surface area contributed by atoms with Gasteiger partial charge in [-0.25, -0.2) is 9.78 Å². The maximum Gasteiger partial charge on any atom is 0.407 e. The van der Waals surface area contributed by atoms with Crippen molar-refractivity contribution in [1.29, 1.82) is 0 Å². The van der Waals surface area contributed by atoms with Gasteiger partial charge in [-0.3, -0.25) is 9.69 Å². The molecular formula is C35H41N5O5. The van der Waals surface area contributed by atoms with Crippen LogP contribution < -0.4 is 15.4 Å². The highest BCUT2D eigenvalue weighted by atomic mass is 16.6. The fraction of sp³-hybridized carbons (Fsp3) is 0.343. The minimum absolute atomic E-state index is 0.00522. The first-order valence-corrected chi connectivity index (χ1v) is 15.2. The Balaban J connectivity index is 1.31. The largest absolute Gasteiger partial charge is 0.457 e. The maximum absolute atomic E-state index is 13.4. The average molecular weight is 612 g/mol. The van der Waals surface area contributed by atoms with Gasteiger partial charge in [0, 0.05) is 42.3 Å². The molecule has 2 amide bonds. The zero-order chi connectivity index (χ0) is 32.0. The molecule has 0 radical (unpaired) electrons. The lowest BCUT2D eigenvalue weighted by molar-refractivity contribution is 0.0470. The Morgan fingerprint density at radius 3 is 2.53 bits per heavy atom. The lowest BCUT2D eigenvalue weighted by atomic mass is 10.0. The number of benzene rings is 3. The first kappa shape index (κ1) is 31.7. The van der Waals surface area contributed by atoms with Gasteiger partial charge < -0.3 is 29.8 Å². The molecule has 0 aliphatic carbocycles. The number of alkyl carbamates (subject to hydrolysis) is 1. The molecule has 3 aromatic carbocycles. The number of hydrogen-bond donors (Lipinski definition) is 3. The Hall–Kier alpha value is -4.67. The van der Waals surface area contributed by atoms with E-state index in [0.29, 0.717) is 35.8 Å². The molecule has 0 unspecified atom stereocenters. The number of hydrogen-bond acceptors (Lipinski definition) is 7. The standard InChI is InChI=1S/C35H41N5O5/c1-24-19-40(23-36-24)30-16-26(20-39-14-6-8-28(21-39)38-34(43)45-35(2,3)4)15-29(18-30)37-33(42)27-7-5-9-32(17-27)44-31-12-10-25(22-41)11-13-31/h5,7,9-13,15-19,23,28,41H,6,8,14,20-22H2,1-4H3,(H,37,42)(H,38,43)/t28-/m0/s1. The number of likely N-dealkylation sites (tertiary alicyclic amines) is 1. The molecule has 1 saturated heterocycles. The smallest absolute Gasteiger partial charge is 0.407 e. The average Bonchev–Trinajstić information content (AvgIpc) is 3.43. The van der Waals surface area contributed by atoms with Crippen LogP contribution in [0.15, 0.2) is 79.3 Å². The predicted molar refractivity (Wildman–Crippen MR) is 173 cm³/mol. The number of aliphatic hydroxyl groups excluding tert-OH is 1. The van der Waals surface area contributed by atoms with E-state index in [1.54, 1.807) is 54.9 Å². The van der Waals surface area contributed by atoms with Crippen LogP contribution in [0.5, 0.6) is 11.5 Å². The lowest BCUT2D eigenvalue weighted by Gasteiger charge is -2.33. The Labute approximate surface area is 264 Å². The highest BCUT2D eigenvalue weighted by Crippen LogP contribution is 2.25. The van der Waals surface area contributed by atoms with E-state index in [2.05, 4.69) is 26.6 Å². The molecular weight excluding hydrogens is 570 g/mol. The third-order valence-electron chi connectivity index (χ3n) is 7.32. The van der Waals surface area contributed by atoms with Crippen molar-refractivity contribution in [3.8, 4) is 17.2 Å². The second-order valence-electron chi connectivity index (χ2n) is 12.4. The minimum atomic E-state index is -0.549. The molecule has 5 rings (SSSR count). The fourth-order valence-electron chi connectivity index (χ4n) is 5.30. The summed E-state index contributed by atoms with van der Waals surface area (Å²) in [5.41, 5.74) is 4.15. The number of ether oxygens (including phenoxy) is 2. The van der Waals surface area contributed by atoms with E-state index >= 15 is 0 Å². The Bertz CT molecular complexity index is 1630. The van der Waals surface area contributed by atoms with E-state index < -0.39 is 11.7 Å². The van der Waals surface area contributed by atoms with Crippen LogP contribution in [-0.2, 0) is 17.9 Å². The quantitative estimate of drug-likeness (QED) is 0.206. The summed E-state index contributed by atoms with van der Waals surface area (Å²) >= 11 is 0. The molecule has 4 aromatic rings. The van der Waals surface area contributed by atoms with Gasteiger partial charge in [-0.05, 0) is 107 Å². The van der Waals surface area contributed by atoms with Crippen molar-refractivity contribution in [2.75, 3.05) is 18.4 Å². The van der Waals surface area contributed by atoms with Crippen LogP contribution in [-0.4, -0.2) is 56.3 Å². The van der Waals surface area contributed by atoms with Gasteiger partial charge in [-0.15, -0.1) is 0 Å². The maximum atomic E-state index is 13.4. The molecule has 236 valence electrons. The third-order valence-corrected chi connectivity index (χ3v) is 7.32. The van der Waals surface area contributed by atoms with E-state index in [-0.39, 0.29) is 18.6 Å². The van der Waals surface area contributed by atoms with Gasteiger partial charge >= 0.3 is 6.09 Å². The molecule has 1 atom stereocenters. The number of rotatable bonds is 9. The molecule has 2 heterocycles. The Morgan fingerprint density at radius 1 is 1.02 bits per heavy atom. The minimum Gasteiger partial charge on any atom is -0.457 e. The van der Waals surface area contributed by atoms with E-state index in [4.69, 9.17) is 9.47 Å². The number of carbonyl (C=O) groups is 2. The molecule has 10 nitrogen and oxygen atoms in total. The normalized spacial score (nSPS) is 15.4. The summed E-state index contributed by atoms with van der Waals surface area (Å²) in [6.45, 7) is 9.71. The summed E-state index contributed by atoms with van der Waals surface area (Å²) in [6.07, 6.45) is 5.15. The summed E-state index contributed by atoms with van der Waals surface area (Å²) < 4.78 is 13.3. The number of carbonyl (C=O) groups excluding carboxylic acids is 2. The van der Waals surface area contributed by atoms with Crippen molar-refractivity contribution in [2.45, 2.75) is 65.3 Å². The van der Waals surface area contributed by atoms with Crippen molar-refractivity contribution in [2.24, 2.45) is 0 Å². The van der Waals surface area contributed by atoms with Gasteiger partial charge in [0.1, 0.15) is 17.1 Å². The molecule has 3 N–H and O–H groups in total. The van der Waals surface area contributed by atoms with Crippen molar-refractivity contribution >= 4 is 17.7 Å². The molecule has 0 spiro atoms. The fourth-order valence-corrected chi connectivity index (χ4v) is 5.30. The molecule has 0 saturated carbocycles. The second kappa shape index (κ2) is 14.0. The molecule has 10 heteroatoms. The SMILES string of the molecule is Cc1cn(-c2cc(CN3CCC[C@H](NC(=O)OC(C)(C)C)C3)cc(NC(=O)c3cccc(Oc4ccc(CO)cc4)c3)c2)cn1. The monoisotopic (exact) mass is 611 g/mol. The Morgan fingerprint density at radius 2 is 1.82 bits per heavy atom. The van der Waals surface area contributed by atoms with Crippen LogP contribution in [0.1, 0.15) is 60.8 Å². The highest BCUT2D eigenvalue weighted by molar-refractivity contribution is 6.04. The number of imidazole rings is 1. The number of anilines is 1. The molecule has 1 fully saturated rings. The number of piperidine rings is 1. The third kappa shape index (κ3) is 9.17. The number of nitrogens with zero attached hydrogens (tertiary/aromatic N) is 3. The van der Waals surface area contributed by atoms with Crippen LogP contribution in [0, 0.1) is 6.92 Å². The number of aliphatic hydroxyl groups is 1. The first-order valence-electron chi connectivity index (χ1n) is 15.2. The number of nitrogens with one attached hydrogen (secondary N) is 2. The van der Waals surface area contributed by atoms with Gasteiger partial charge in [0.15, 0.2) is 0 Å². The zero-order valence-electron chi connectivity index (χ0n) is 26.2. The van der Waals surface area contributed by atoms with E-state index in [0.717, 1.165) is 41.9 Å². The summed E-state index contributed by atoms with van der Waals surface area (Å²) in [6, 6.07) is 20.2. The summed E-state index contributed by atoms with van der Waals surface area (Å²) in [4.78, 5) is 32.5. The molecule has 1 aliphatic rings. The van der Waals surface area contributed by atoms with Crippen LogP contribution in [0.3, 0.4) is 0 Å². The van der Waals surface area contributed by atoms with Gasteiger partial charge in [-0.1, -0.05) is 18.2 Å². The summed E-state index contributed by atoms with van der Waals surface area (Å²) in [7, 11) is 0. The van der Waals surface area contributed by atoms with E-state index in [9.17, 15) is 14.7 Å². The van der Waals surface area contributed by atoms with Gasteiger partial charge in [0.2, 0.25) is 0 Å². The van der Waals surface area contributed by atoms with Crippen LogP contribution in [0.25, 0.3) is 5.69 Å². The first-order chi connectivity index (χ1) is 21.5. The number of aryl methyl sites for hydroxylation is 1. The predicted octanol–water partition coefficient (Wildman–Crippen LogP) is 6.21. The summed E-state index contributed by atoms with van der Waals surface area (Å²) in [5.74, 6) is 0.877. The van der Waals surface area contributed by atoms with E-state index in [1.807, 2.05) is 50.6 Å². The highest BCUT2D eigenvalue weighted by Gasteiger charge is 2.24.